The van der Waals surface area contributed by atoms with Gasteiger partial charge in [-0.2, -0.15) is 0 Å². The monoisotopic (exact) mass is 168 g/mol. The second-order valence-electron chi connectivity index (χ2n) is 5.16. The summed E-state index contributed by atoms with van der Waals surface area (Å²) in [4.78, 5) is 0. The van der Waals surface area contributed by atoms with Crippen LogP contribution in [0.15, 0.2) is 0 Å². The van der Waals surface area contributed by atoms with Crippen LogP contribution >= 0.6 is 0 Å². The van der Waals surface area contributed by atoms with Crippen molar-refractivity contribution in [1.82, 2.24) is 0 Å². The minimum Gasteiger partial charge on any atom is -0.0649 e. The van der Waals surface area contributed by atoms with E-state index < -0.39 is 0 Å². The first-order valence-electron chi connectivity index (χ1n) is 5.58. The summed E-state index contributed by atoms with van der Waals surface area (Å²) in [6.45, 7) is 9.57. The van der Waals surface area contributed by atoms with E-state index in [2.05, 4.69) is 27.7 Å². The van der Waals surface area contributed by atoms with Crippen LogP contribution in [0, 0.1) is 17.3 Å². The second kappa shape index (κ2) is 3.81. The van der Waals surface area contributed by atoms with E-state index in [1.807, 2.05) is 0 Å². The van der Waals surface area contributed by atoms with Gasteiger partial charge in [-0.15, -0.1) is 0 Å². The Morgan fingerprint density at radius 2 is 1.92 bits per heavy atom. The van der Waals surface area contributed by atoms with Crippen LogP contribution in [0.2, 0.25) is 0 Å². The summed E-state index contributed by atoms with van der Waals surface area (Å²) in [6.07, 6.45) is 7.31. The number of rotatable bonds is 4. The zero-order valence-corrected chi connectivity index (χ0v) is 9.19. The van der Waals surface area contributed by atoms with Gasteiger partial charge in [-0.1, -0.05) is 53.4 Å². The van der Waals surface area contributed by atoms with Crippen LogP contribution in [0.1, 0.15) is 59.8 Å². The first-order valence-corrected chi connectivity index (χ1v) is 5.58. The molecule has 0 amide bonds. The first-order chi connectivity index (χ1) is 5.58. The maximum Gasteiger partial charge on any atom is -0.0303 e. The van der Waals surface area contributed by atoms with Gasteiger partial charge >= 0.3 is 0 Å². The van der Waals surface area contributed by atoms with Gasteiger partial charge in [0.1, 0.15) is 0 Å². The molecule has 0 bridgehead atoms. The highest BCUT2D eigenvalue weighted by molar-refractivity contribution is 4.82. The van der Waals surface area contributed by atoms with Gasteiger partial charge in [0.25, 0.3) is 0 Å². The molecule has 0 aromatic rings. The fourth-order valence-electron chi connectivity index (χ4n) is 2.14. The van der Waals surface area contributed by atoms with Crippen molar-refractivity contribution >= 4 is 0 Å². The molecule has 0 aromatic carbocycles. The molecule has 1 aliphatic carbocycles. The van der Waals surface area contributed by atoms with Crippen LogP contribution in [-0.2, 0) is 0 Å². The fourth-order valence-corrected chi connectivity index (χ4v) is 2.14. The summed E-state index contributed by atoms with van der Waals surface area (Å²) < 4.78 is 0. The Kier molecular flexibility index (Phi) is 3.20. The Hall–Kier alpha value is 0. The SMILES string of the molecule is CCC(C)(CC1CCC1)C(C)C. The van der Waals surface area contributed by atoms with E-state index in [1.165, 1.54) is 32.1 Å². The lowest BCUT2D eigenvalue weighted by atomic mass is 9.66. The lowest BCUT2D eigenvalue weighted by Gasteiger charge is -2.39. The average molecular weight is 168 g/mol. The minimum absolute atomic E-state index is 0.616. The summed E-state index contributed by atoms with van der Waals surface area (Å²) >= 11 is 0. The van der Waals surface area contributed by atoms with Gasteiger partial charge in [-0.05, 0) is 23.7 Å². The van der Waals surface area contributed by atoms with Crippen molar-refractivity contribution in [3.05, 3.63) is 0 Å². The molecule has 0 heteroatoms. The zero-order chi connectivity index (χ0) is 9.19. The maximum atomic E-state index is 2.47. The quantitative estimate of drug-likeness (QED) is 0.588. The Labute approximate surface area is 77.7 Å². The van der Waals surface area contributed by atoms with Gasteiger partial charge in [0.2, 0.25) is 0 Å². The molecule has 1 unspecified atom stereocenters. The largest absolute Gasteiger partial charge is 0.0649 e. The highest BCUT2D eigenvalue weighted by Gasteiger charge is 2.31. The molecule has 0 heterocycles. The molecule has 0 radical (unpaired) electrons. The van der Waals surface area contributed by atoms with Gasteiger partial charge in [0.05, 0.1) is 0 Å². The van der Waals surface area contributed by atoms with E-state index in [1.54, 1.807) is 0 Å². The highest BCUT2D eigenvalue weighted by atomic mass is 14.4. The fraction of sp³-hybridized carbons (Fsp3) is 1.00. The minimum atomic E-state index is 0.616. The molecule has 1 aliphatic rings. The standard InChI is InChI=1S/C12H24/c1-5-12(4,10(2)3)9-11-7-6-8-11/h10-11H,5-9H2,1-4H3. The van der Waals surface area contributed by atoms with Crippen molar-refractivity contribution < 1.29 is 0 Å². The molecule has 0 aliphatic heterocycles. The zero-order valence-electron chi connectivity index (χ0n) is 9.19. The van der Waals surface area contributed by atoms with Crippen LogP contribution in [0.25, 0.3) is 0 Å². The third kappa shape index (κ3) is 2.02. The summed E-state index contributed by atoms with van der Waals surface area (Å²) in [7, 11) is 0. The molecule has 72 valence electrons. The lowest BCUT2D eigenvalue weighted by Crippen LogP contribution is -2.28. The molecule has 0 spiro atoms. The normalized spacial score (nSPS) is 23.8. The Bertz CT molecular complexity index is 133. The van der Waals surface area contributed by atoms with E-state index >= 15 is 0 Å². The molecule has 1 fully saturated rings. The molecule has 0 N–H and O–H groups in total. The Balaban J connectivity index is 2.41. The van der Waals surface area contributed by atoms with Gasteiger partial charge in [-0.25, -0.2) is 0 Å². The van der Waals surface area contributed by atoms with Crippen LogP contribution in [0.3, 0.4) is 0 Å². The molecule has 12 heavy (non-hydrogen) atoms. The summed E-state index contributed by atoms with van der Waals surface area (Å²) in [5.74, 6) is 1.92. The molecule has 0 nitrogen and oxygen atoms in total. The highest BCUT2D eigenvalue weighted by Crippen LogP contribution is 2.43. The summed E-state index contributed by atoms with van der Waals surface area (Å²) in [6, 6.07) is 0. The van der Waals surface area contributed by atoms with Gasteiger partial charge < -0.3 is 0 Å². The van der Waals surface area contributed by atoms with Crippen molar-refractivity contribution in [2.24, 2.45) is 17.3 Å². The van der Waals surface area contributed by atoms with Gasteiger partial charge in [0.15, 0.2) is 0 Å². The predicted molar refractivity (Wildman–Crippen MR) is 55.2 cm³/mol. The molecule has 1 atom stereocenters. The summed E-state index contributed by atoms with van der Waals surface area (Å²) in [5.41, 5.74) is 0.616. The molecule has 0 saturated heterocycles. The Morgan fingerprint density at radius 3 is 2.17 bits per heavy atom. The molecular formula is C12H24. The van der Waals surface area contributed by atoms with Gasteiger partial charge in [-0.3, -0.25) is 0 Å². The van der Waals surface area contributed by atoms with E-state index in [9.17, 15) is 0 Å². The van der Waals surface area contributed by atoms with E-state index in [0.717, 1.165) is 11.8 Å². The van der Waals surface area contributed by atoms with Gasteiger partial charge in [0, 0.05) is 0 Å². The van der Waals surface area contributed by atoms with Crippen molar-refractivity contribution in [3.63, 3.8) is 0 Å². The topological polar surface area (TPSA) is 0 Å². The van der Waals surface area contributed by atoms with Crippen LogP contribution in [0.4, 0.5) is 0 Å². The average Bonchev–Trinajstić information content (AvgIpc) is 1.96. The number of hydrogen-bond donors (Lipinski definition) is 0. The molecule has 0 aromatic heterocycles. The second-order valence-corrected chi connectivity index (χ2v) is 5.16. The summed E-state index contributed by atoms with van der Waals surface area (Å²) in [5, 5.41) is 0. The lowest BCUT2D eigenvalue weighted by molar-refractivity contribution is 0.119. The smallest absolute Gasteiger partial charge is 0.0303 e. The van der Waals surface area contributed by atoms with E-state index in [-0.39, 0.29) is 0 Å². The molecule has 1 rings (SSSR count). The van der Waals surface area contributed by atoms with Crippen molar-refractivity contribution in [2.45, 2.75) is 59.8 Å². The molecular weight excluding hydrogens is 144 g/mol. The van der Waals surface area contributed by atoms with Crippen molar-refractivity contribution in [1.29, 1.82) is 0 Å². The Morgan fingerprint density at radius 1 is 1.33 bits per heavy atom. The maximum absolute atomic E-state index is 2.47. The third-order valence-corrected chi connectivity index (χ3v) is 4.18. The van der Waals surface area contributed by atoms with Crippen molar-refractivity contribution in [2.75, 3.05) is 0 Å². The van der Waals surface area contributed by atoms with Crippen LogP contribution < -0.4 is 0 Å². The van der Waals surface area contributed by atoms with E-state index in [0.29, 0.717) is 5.41 Å². The van der Waals surface area contributed by atoms with Crippen LogP contribution in [0.5, 0.6) is 0 Å². The van der Waals surface area contributed by atoms with Crippen LogP contribution in [-0.4, -0.2) is 0 Å². The predicted octanol–water partition coefficient (Wildman–Crippen LogP) is 4.25. The third-order valence-electron chi connectivity index (χ3n) is 4.18. The van der Waals surface area contributed by atoms with Crippen molar-refractivity contribution in [3.8, 4) is 0 Å². The molecule has 1 saturated carbocycles. The first kappa shape index (κ1) is 10.1. The number of hydrogen-bond acceptors (Lipinski definition) is 0. The van der Waals surface area contributed by atoms with E-state index in [4.69, 9.17) is 0 Å².